The highest BCUT2D eigenvalue weighted by molar-refractivity contribution is 7.92. The van der Waals surface area contributed by atoms with Crippen LogP contribution in [0.3, 0.4) is 0 Å². The van der Waals surface area contributed by atoms with Crippen LogP contribution in [0.4, 0.5) is 5.69 Å². The fourth-order valence-electron chi connectivity index (χ4n) is 3.52. The van der Waals surface area contributed by atoms with Gasteiger partial charge in [0.1, 0.15) is 5.52 Å². The molecule has 0 aliphatic heterocycles. The first kappa shape index (κ1) is 21.7. The van der Waals surface area contributed by atoms with E-state index in [0.29, 0.717) is 22.8 Å². The van der Waals surface area contributed by atoms with Gasteiger partial charge in [-0.15, -0.1) is 0 Å². The molecule has 4 rings (SSSR count). The quantitative estimate of drug-likeness (QED) is 0.379. The SMILES string of the molecule is Cc1cccc(Cn2cnc3c(NS(=O)(=O)c4ccc(Cl)c(Cl)c4)c(C)c(C)cc32)c1. The van der Waals surface area contributed by atoms with Crippen molar-refractivity contribution >= 4 is 49.9 Å². The van der Waals surface area contributed by atoms with E-state index in [9.17, 15) is 8.42 Å². The summed E-state index contributed by atoms with van der Waals surface area (Å²) in [5.74, 6) is 0. The van der Waals surface area contributed by atoms with Gasteiger partial charge in [-0.1, -0.05) is 53.0 Å². The molecule has 1 heterocycles. The minimum absolute atomic E-state index is 0.0372. The minimum atomic E-state index is -3.88. The topological polar surface area (TPSA) is 64.0 Å². The van der Waals surface area contributed by atoms with Crippen molar-refractivity contribution in [1.29, 1.82) is 0 Å². The normalized spacial score (nSPS) is 11.8. The zero-order valence-corrected chi connectivity index (χ0v) is 19.6. The molecular formula is C23H21Cl2N3O2S. The molecule has 0 spiro atoms. The van der Waals surface area contributed by atoms with Crippen LogP contribution in [0.25, 0.3) is 11.0 Å². The third-order valence-electron chi connectivity index (χ3n) is 5.31. The van der Waals surface area contributed by atoms with Crippen LogP contribution in [0.2, 0.25) is 10.0 Å². The third kappa shape index (κ3) is 4.28. The van der Waals surface area contributed by atoms with Gasteiger partial charge < -0.3 is 4.57 Å². The molecule has 3 aromatic carbocycles. The minimum Gasteiger partial charge on any atom is -0.326 e. The molecule has 8 heteroatoms. The first-order valence-electron chi connectivity index (χ1n) is 9.64. The number of imidazole rings is 1. The van der Waals surface area contributed by atoms with E-state index in [0.717, 1.165) is 22.2 Å². The molecule has 5 nitrogen and oxygen atoms in total. The molecule has 0 aliphatic rings. The van der Waals surface area contributed by atoms with Gasteiger partial charge in [-0.3, -0.25) is 4.72 Å². The first-order chi connectivity index (χ1) is 14.7. The summed E-state index contributed by atoms with van der Waals surface area (Å²) in [7, 11) is -3.88. The number of hydrogen-bond acceptors (Lipinski definition) is 3. The molecule has 160 valence electrons. The van der Waals surface area contributed by atoms with Gasteiger partial charge in [-0.25, -0.2) is 13.4 Å². The lowest BCUT2D eigenvalue weighted by Gasteiger charge is -2.15. The van der Waals surface area contributed by atoms with Gasteiger partial charge >= 0.3 is 0 Å². The van der Waals surface area contributed by atoms with Gasteiger partial charge in [0.25, 0.3) is 10.0 Å². The highest BCUT2D eigenvalue weighted by Crippen LogP contribution is 2.32. The summed E-state index contributed by atoms with van der Waals surface area (Å²) in [6.07, 6.45) is 1.74. The Morgan fingerprint density at radius 1 is 1.00 bits per heavy atom. The number of aryl methyl sites for hydroxylation is 2. The van der Waals surface area contributed by atoms with E-state index < -0.39 is 10.0 Å². The van der Waals surface area contributed by atoms with Crippen LogP contribution in [0, 0.1) is 20.8 Å². The highest BCUT2D eigenvalue weighted by Gasteiger charge is 2.21. The fourth-order valence-corrected chi connectivity index (χ4v) is 5.04. The lowest BCUT2D eigenvalue weighted by Crippen LogP contribution is -2.14. The Morgan fingerprint density at radius 2 is 1.77 bits per heavy atom. The second-order valence-electron chi connectivity index (χ2n) is 7.60. The van der Waals surface area contributed by atoms with Crippen molar-refractivity contribution in [3.8, 4) is 0 Å². The molecule has 0 radical (unpaired) electrons. The van der Waals surface area contributed by atoms with Crippen LogP contribution in [0.5, 0.6) is 0 Å². The van der Waals surface area contributed by atoms with E-state index in [1.54, 1.807) is 6.33 Å². The predicted octanol–water partition coefficient (Wildman–Crippen LogP) is 6.12. The maximum atomic E-state index is 13.1. The van der Waals surface area contributed by atoms with Crippen LogP contribution < -0.4 is 4.72 Å². The Balaban J connectivity index is 1.78. The number of fused-ring (bicyclic) bond motifs is 1. The second-order valence-corrected chi connectivity index (χ2v) is 10.1. The molecule has 1 aromatic heterocycles. The zero-order chi connectivity index (χ0) is 22.3. The van der Waals surface area contributed by atoms with Gasteiger partial charge in [0.2, 0.25) is 0 Å². The number of sulfonamides is 1. The van der Waals surface area contributed by atoms with Crippen LogP contribution in [0.15, 0.2) is 59.8 Å². The van der Waals surface area contributed by atoms with Crippen molar-refractivity contribution in [3.05, 3.63) is 87.2 Å². The lowest BCUT2D eigenvalue weighted by molar-refractivity contribution is 0.601. The Morgan fingerprint density at radius 3 is 2.48 bits per heavy atom. The molecule has 0 bridgehead atoms. The van der Waals surface area contributed by atoms with E-state index in [1.165, 1.54) is 23.8 Å². The van der Waals surface area contributed by atoms with Gasteiger partial charge in [0.05, 0.1) is 32.5 Å². The first-order valence-corrected chi connectivity index (χ1v) is 11.9. The molecule has 1 N–H and O–H groups in total. The molecule has 0 aliphatic carbocycles. The van der Waals surface area contributed by atoms with Gasteiger partial charge in [-0.05, 0) is 61.7 Å². The largest absolute Gasteiger partial charge is 0.326 e. The van der Waals surface area contributed by atoms with Crippen molar-refractivity contribution in [2.45, 2.75) is 32.2 Å². The van der Waals surface area contributed by atoms with E-state index in [4.69, 9.17) is 23.2 Å². The van der Waals surface area contributed by atoms with Gasteiger partial charge in [-0.2, -0.15) is 0 Å². The van der Waals surface area contributed by atoms with E-state index in [2.05, 4.69) is 34.8 Å². The third-order valence-corrected chi connectivity index (χ3v) is 7.39. The second kappa shape index (κ2) is 8.19. The van der Waals surface area contributed by atoms with Crippen LogP contribution in [-0.2, 0) is 16.6 Å². The van der Waals surface area contributed by atoms with Gasteiger partial charge in [0.15, 0.2) is 0 Å². The summed E-state index contributed by atoms with van der Waals surface area (Å²) in [6.45, 7) is 6.52. The van der Waals surface area contributed by atoms with E-state index in [1.807, 2.05) is 30.5 Å². The summed E-state index contributed by atoms with van der Waals surface area (Å²) < 4.78 is 30.9. The number of hydrogen-bond donors (Lipinski definition) is 1. The molecule has 4 aromatic rings. The fraction of sp³-hybridized carbons (Fsp3) is 0.174. The van der Waals surface area contributed by atoms with Crippen LogP contribution in [0.1, 0.15) is 22.3 Å². The average molecular weight is 474 g/mol. The summed E-state index contributed by atoms with van der Waals surface area (Å²) in [6, 6.07) is 14.5. The summed E-state index contributed by atoms with van der Waals surface area (Å²) >= 11 is 12.0. The summed E-state index contributed by atoms with van der Waals surface area (Å²) in [4.78, 5) is 4.57. The Bertz CT molecular complexity index is 1410. The number of aromatic nitrogens is 2. The van der Waals surface area contributed by atoms with E-state index in [-0.39, 0.29) is 9.92 Å². The standard InChI is InChI=1S/C23H21Cl2N3O2S/c1-14-5-4-6-17(9-14)12-28-13-26-23-21(28)10-15(2)16(3)22(23)27-31(29,30)18-7-8-19(24)20(25)11-18/h4-11,13,27H,12H2,1-3H3. The number of anilines is 1. The van der Waals surface area contributed by atoms with E-state index >= 15 is 0 Å². The average Bonchev–Trinajstić information content (AvgIpc) is 3.09. The van der Waals surface area contributed by atoms with Crippen molar-refractivity contribution in [2.24, 2.45) is 0 Å². The number of nitrogens with zero attached hydrogens (tertiary/aromatic N) is 2. The number of halogens is 2. The van der Waals surface area contributed by atoms with Crippen molar-refractivity contribution in [2.75, 3.05) is 4.72 Å². The Hall–Kier alpha value is -2.54. The van der Waals surface area contributed by atoms with Crippen LogP contribution in [-0.4, -0.2) is 18.0 Å². The molecule has 0 atom stereocenters. The molecule has 0 amide bonds. The maximum Gasteiger partial charge on any atom is 0.262 e. The van der Waals surface area contributed by atoms with Crippen molar-refractivity contribution in [1.82, 2.24) is 9.55 Å². The smallest absolute Gasteiger partial charge is 0.262 e. The molecular weight excluding hydrogens is 453 g/mol. The number of benzene rings is 3. The lowest BCUT2D eigenvalue weighted by atomic mass is 10.1. The zero-order valence-electron chi connectivity index (χ0n) is 17.3. The predicted molar refractivity (Wildman–Crippen MR) is 127 cm³/mol. The molecule has 31 heavy (non-hydrogen) atoms. The summed E-state index contributed by atoms with van der Waals surface area (Å²) in [5.41, 5.74) is 6.03. The number of nitrogens with one attached hydrogen (secondary N) is 1. The van der Waals surface area contributed by atoms with Crippen LogP contribution >= 0.6 is 23.2 Å². The molecule has 0 saturated heterocycles. The maximum absolute atomic E-state index is 13.1. The Labute approximate surface area is 191 Å². The van der Waals surface area contributed by atoms with Gasteiger partial charge in [0, 0.05) is 6.54 Å². The summed E-state index contributed by atoms with van der Waals surface area (Å²) in [5, 5.41) is 0.475. The molecule has 0 fully saturated rings. The molecule has 0 saturated carbocycles. The molecule has 0 unspecified atom stereocenters. The highest BCUT2D eigenvalue weighted by atomic mass is 35.5. The van der Waals surface area contributed by atoms with Crippen molar-refractivity contribution < 1.29 is 8.42 Å². The number of rotatable bonds is 5. The Kier molecular flexibility index (Phi) is 5.73. The van der Waals surface area contributed by atoms with Crippen molar-refractivity contribution in [3.63, 3.8) is 0 Å². The monoisotopic (exact) mass is 473 g/mol.